The minimum Gasteiger partial charge on any atom is -0.381 e. The molecule has 2 nitrogen and oxygen atoms in total. The fourth-order valence-corrected chi connectivity index (χ4v) is 0. The van der Waals surface area contributed by atoms with E-state index in [0.29, 0.717) is 0 Å². The number of hydrogen-bond donors (Lipinski definition) is 1. The second-order valence-corrected chi connectivity index (χ2v) is 0.316. The van der Waals surface area contributed by atoms with E-state index in [9.17, 15) is 0 Å². The maximum atomic E-state index is 7.51. The number of rotatable bonds is 0. The average Bonchev–Trinajstić information content (AvgIpc) is 1.37. The SMILES string of the molecule is N#C[14CH2]O. The molecule has 22 valence electrons. The fraction of sp³-hybridized carbons (Fsp3) is 0.500. The molecule has 4 heavy (non-hydrogen) atoms. The van der Waals surface area contributed by atoms with E-state index < -0.39 is 0 Å². The van der Waals surface area contributed by atoms with Gasteiger partial charge < -0.3 is 5.11 Å². The molecule has 2 heteroatoms. The minimum atomic E-state index is -0.375. The number of hydrogen-bond acceptors (Lipinski definition) is 2. The molecule has 0 saturated carbocycles. The van der Waals surface area contributed by atoms with Crippen molar-refractivity contribution in [2.75, 3.05) is 6.61 Å². The highest BCUT2D eigenvalue weighted by molar-refractivity contribution is 4.63. The van der Waals surface area contributed by atoms with Gasteiger partial charge in [0.05, 0.1) is 6.07 Å². The Bertz CT molecular complexity index is 35.8. The van der Waals surface area contributed by atoms with Gasteiger partial charge in [-0.05, 0) is 0 Å². The van der Waals surface area contributed by atoms with E-state index in [1.54, 1.807) is 0 Å². The van der Waals surface area contributed by atoms with Crippen LogP contribution in [-0.2, 0) is 0 Å². The summed E-state index contributed by atoms with van der Waals surface area (Å²) in [4.78, 5) is 0. The van der Waals surface area contributed by atoms with Crippen LogP contribution in [0.1, 0.15) is 0 Å². The molecule has 0 aromatic heterocycles. The quantitative estimate of drug-likeness (QED) is 0.382. The van der Waals surface area contributed by atoms with Crippen LogP contribution in [0.3, 0.4) is 0 Å². The lowest BCUT2D eigenvalue weighted by Gasteiger charge is -1.50. The summed E-state index contributed by atoms with van der Waals surface area (Å²) in [5.74, 6) is 0. The second kappa shape index (κ2) is 2.45. The minimum absolute atomic E-state index is 0.375. The van der Waals surface area contributed by atoms with Gasteiger partial charge in [-0.25, -0.2) is 0 Å². The molecular weight excluding hydrogens is 56.0 g/mol. The summed E-state index contributed by atoms with van der Waals surface area (Å²) < 4.78 is 0. The van der Waals surface area contributed by atoms with E-state index in [4.69, 9.17) is 10.4 Å². The van der Waals surface area contributed by atoms with Crippen LogP contribution in [-0.4, -0.2) is 11.7 Å². The van der Waals surface area contributed by atoms with Crippen LogP contribution in [0.25, 0.3) is 0 Å². The van der Waals surface area contributed by atoms with Crippen LogP contribution in [0.15, 0.2) is 0 Å². The van der Waals surface area contributed by atoms with Gasteiger partial charge in [-0.15, -0.1) is 0 Å². The number of nitrogens with zero attached hydrogens (tertiary/aromatic N) is 1. The molecule has 0 fully saturated rings. The normalized spacial score (nSPS) is 5.00. The molecule has 0 aromatic rings. The molecule has 0 aliphatic heterocycles. The Morgan fingerprint density at radius 1 is 2.00 bits per heavy atom. The molecule has 0 aliphatic rings. The molecule has 0 bridgehead atoms. The molecule has 0 aromatic carbocycles. The Kier molecular flexibility index (Phi) is 2.11. The first-order chi connectivity index (χ1) is 1.91. The molecule has 0 amide bonds. The summed E-state index contributed by atoms with van der Waals surface area (Å²) in [6, 6.07) is 1.49. The summed E-state index contributed by atoms with van der Waals surface area (Å²) in [7, 11) is 0. The standard InChI is InChI=1S/C2H3NO/c3-1-2-4/h4H,2H2/i2+2. The number of aliphatic hydroxyl groups is 1. The highest BCUT2D eigenvalue weighted by Crippen LogP contribution is 1.34. The van der Waals surface area contributed by atoms with Crippen molar-refractivity contribution < 1.29 is 5.11 Å². The molecule has 0 heterocycles. The zero-order valence-electron chi connectivity index (χ0n) is 2.10. The lowest BCUT2D eigenvalue weighted by atomic mass is 11.5. The summed E-state index contributed by atoms with van der Waals surface area (Å²) in [5, 5.41) is 14.9. The molecule has 1 N–H and O–H groups in total. The van der Waals surface area contributed by atoms with Crippen molar-refractivity contribution in [2.24, 2.45) is 0 Å². The first-order valence-corrected chi connectivity index (χ1v) is 0.893. The predicted molar refractivity (Wildman–Crippen MR) is 12.7 cm³/mol. The van der Waals surface area contributed by atoms with Gasteiger partial charge >= 0.3 is 0 Å². The Morgan fingerprint density at radius 2 is 2.25 bits per heavy atom. The molecule has 0 spiro atoms. The van der Waals surface area contributed by atoms with Crippen LogP contribution in [0.4, 0.5) is 0 Å². The zero-order valence-corrected chi connectivity index (χ0v) is 2.10. The van der Waals surface area contributed by atoms with Crippen LogP contribution in [0.5, 0.6) is 0 Å². The van der Waals surface area contributed by atoms with Crippen LogP contribution in [0.2, 0.25) is 0 Å². The van der Waals surface area contributed by atoms with E-state index in [-0.39, 0.29) is 6.61 Å². The highest BCUT2D eigenvalue weighted by Gasteiger charge is 1.49. The van der Waals surface area contributed by atoms with Gasteiger partial charge in [-0.3, -0.25) is 0 Å². The molecule has 0 aliphatic carbocycles. The lowest BCUT2D eigenvalue weighted by Crippen LogP contribution is -1.64. The monoisotopic (exact) mass is 59.0 g/mol. The summed E-state index contributed by atoms with van der Waals surface area (Å²) in [5.41, 5.74) is 0. The Labute approximate surface area is 24.3 Å². The number of aliphatic hydroxyl groups excluding tert-OH is 1. The molecular formula is C2H3NO. The molecule has 0 saturated heterocycles. The van der Waals surface area contributed by atoms with Crippen LogP contribution >= 0.6 is 0 Å². The van der Waals surface area contributed by atoms with Crippen molar-refractivity contribution in [1.82, 2.24) is 0 Å². The summed E-state index contributed by atoms with van der Waals surface area (Å²) in [6.45, 7) is -0.375. The Morgan fingerprint density at radius 3 is 2.25 bits per heavy atom. The van der Waals surface area contributed by atoms with Crippen molar-refractivity contribution >= 4 is 0 Å². The lowest BCUT2D eigenvalue weighted by molar-refractivity contribution is 0.348. The average molecular weight is 59.0 g/mol. The van der Waals surface area contributed by atoms with Crippen LogP contribution in [0, 0.1) is 11.3 Å². The molecule has 0 atom stereocenters. The third-order valence-corrected chi connectivity index (χ3v) is 0.0707. The second-order valence-electron chi connectivity index (χ2n) is 0.316. The van der Waals surface area contributed by atoms with E-state index in [0.717, 1.165) is 0 Å². The van der Waals surface area contributed by atoms with E-state index in [2.05, 4.69) is 0 Å². The topological polar surface area (TPSA) is 44.0 Å². The summed E-state index contributed by atoms with van der Waals surface area (Å²) in [6.07, 6.45) is 0. The largest absolute Gasteiger partial charge is 0.381 e. The fourth-order valence-electron chi connectivity index (χ4n) is 0. The predicted octanol–water partition coefficient (Wildman–Crippen LogP) is -0.498. The third kappa shape index (κ3) is 1.45. The van der Waals surface area contributed by atoms with Gasteiger partial charge in [0.15, 0.2) is 0 Å². The van der Waals surface area contributed by atoms with Crippen molar-refractivity contribution in [3.8, 4) is 6.07 Å². The molecule has 0 radical (unpaired) electrons. The van der Waals surface area contributed by atoms with Gasteiger partial charge in [0.1, 0.15) is 6.61 Å². The molecule has 0 rings (SSSR count). The van der Waals surface area contributed by atoms with Crippen molar-refractivity contribution in [1.29, 1.82) is 5.26 Å². The third-order valence-electron chi connectivity index (χ3n) is 0.0707. The van der Waals surface area contributed by atoms with Gasteiger partial charge in [0.2, 0.25) is 0 Å². The maximum absolute atomic E-state index is 7.51. The first kappa shape index (κ1) is 3.45. The maximum Gasteiger partial charge on any atom is 0.130 e. The summed E-state index contributed by atoms with van der Waals surface area (Å²) >= 11 is 0. The van der Waals surface area contributed by atoms with E-state index in [1.165, 1.54) is 6.07 Å². The number of nitriles is 1. The van der Waals surface area contributed by atoms with Crippen molar-refractivity contribution in [3.63, 3.8) is 0 Å². The highest BCUT2D eigenvalue weighted by atomic mass is 16.5. The molecule has 0 unspecified atom stereocenters. The zero-order chi connectivity index (χ0) is 3.41. The van der Waals surface area contributed by atoms with E-state index in [1.807, 2.05) is 0 Å². The Hall–Kier alpha value is -0.550. The van der Waals surface area contributed by atoms with Gasteiger partial charge in [0, 0.05) is 0 Å². The van der Waals surface area contributed by atoms with Gasteiger partial charge in [-0.1, -0.05) is 0 Å². The van der Waals surface area contributed by atoms with Gasteiger partial charge in [0.25, 0.3) is 0 Å². The van der Waals surface area contributed by atoms with Crippen molar-refractivity contribution in [2.45, 2.75) is 0 Å². The first-order valence-electron chi connectivity index (χ1n) is 0.893. The smallest absolute Gasteiger partial charge is 0.130 e. The van der Waals surface area contributed by atoms with Crippen molar-refractivity contribution in [3.05, 3.63) is 0 Å². The van der Waals surface area contributed by atoms with Gasteiger partial charge in [-0.2, -0.15) is 5.26 Å². The Balaban J connectivity index is 2.43. The van der Waals surface area contributed by atoms with E-state index >= 15 is 0 Å². The van der Waals surface area contributed by atoms with Crippen LogP contribution < -0.4 is 0 Å².